The van der Waals surface area contributed by atoms with Crippen molar-refractivity contribution in [3.63, 3.8) is 0 Å². The maximum atomic E-state index is 13.4. The van der Waals surface area contributed by atoms with Crippen LogP contribution >= 0.6 is 0 Å². The van der Waals surface area contributed by atoms with E-state index in [0.717, 1.165) is 30.5 Å². The van der Waals surface area contributed by atoms with Gasteiger partial charge in [-0.15, -0.1) is 0 Å². The van der Waals surface area contributed by atoms with Crippen molar-refractivity contribution < 1.29 is 26.3 Å². The summed E-state index contributed by atoms with van der Waals surface area (Å²) in [5.41, 5.74) is 12.2. The number of hydrogen-bond acceptors (Lipinski definition) is 5. The van der Waals surface area contributed by atoms with Gasteiger partial charge in [-0.2, -0.15) is 26.3 Å². The Balaban J connectivity index is 2.34. The van der Waals surface area contributed by atoms with Crippen molar-refractivity contribution >= 4 is 5.69 Å². The highest BCUT2D eigenvalue weighted by Gasteiger charge is 2.33. The Morgan fingerprint density at radius 1 is 1.03 bits per heavy atom. The molecule has 5 nitrogen and oxygen atoms in total. The van der Waals surface area contributed by atoms with E-state index < -0.39 is 35.8 Å². The average Bonchev–Trinajstić information content (AvgIpc) is 2.79. The van der Waals surface area contributed by atoms with Crippen LogP contribution in [-0.4, -0.2) is 37.9 Å². The van der Waals surface area contributed by atoms with Gasteiger partial charge in [0.05, 0.1) is 11.7 Å². The van der Waals surface area contributed by atoms with E-state index in [0.29, 0.717) is 35.3 Å². The van der Waals surface area contributed by atoms with E-state index >= 15 is 0 Å². The van der Waals surface area contributed by atoms with Crippen molar-refractivity contribution in [2.75, 3.05) is 26.0 Å². The van der Waals surface area contributed by atoms with E-state index in [2.05, 4.69) is 10.6 Å². The number of nitrogens with two attached hydrogens (primary N) is 2. The van der Waals surface area contributed by atoms with Gasteiger partial charge < -0.3 is 21.7 Å². The minimum atomic E-state index is -4.51. The Hall–Kier alpha value is -3.02. The minimum Gasteiger partial charge on any atom is -0.405 e. The number of aryl methyl sites for hydroxylation is 1. The highest BCUT2D eigenvalue weighted by atomic mass is 19.4. The molecule has 0 aliphatic heterocycles. The van der Waals surface area contributed by atoms with Crippen LogP contribution in [0.2, 0.25) is 0 Å². The van der Waals surface area contributed by atoms with Gasteiger partial charge in [0.1, 0.15) is 6.17 Å². The molecule has 2 atom stereocenters. The number of nitrogens with zero attached hydrogens (tertiary/aromatic N) is 1. The molecule has 0 bridgehead atoms. The summed E-state index contributed by atoms with van der Waals surface area (Å²) in [5, 5.41) is 6.40. The van der Waals surface area contributed by atoms with Gasteiger partial charge in [0.25, 0.3) is 0 Å². The molecule has 37 heavy (non-hydrogen) atoms. The third kappa shape index (κ3) is 9.75. The minimum absolute atomic E-state index is 0.345. The normalized spacial score (nSPS) is 14.8. The van der Waals surface area contributed by atoms with Gasteiger partial charge in [-0.3, -0.25) is 5.32 Å². The van der Waals surface area contributed by atoms with Crippen LogP contribution < -0.4 is 22.1 Å². The Morgan fingerprint density at radius 2 is 1.68 bits per heavy atom. The van der Waals surface area contributed by atoms with Gasteiger partial charge >= 0.3 is 12.4 Å². The zero-order valence-electron chi connectivity index (χ0n) is 20.9. The number of anilines is 1. The molecule has 2 rings (SSSR count). The quantitative estimate of drug-likeness (QED) is 0.177. The Bertz CT molecular complexity index is 1060. The third-order valence-corrected chi connectivity index (χ3v) is 5.60. The molecule has 2 aromatic carbocycles. The summed E-state index contributed by atoms with van der Waals surface area (Å²) >= 11 is 0. The zero-order valence-corrected chi connectivity index (χ0v) is 20.9. The van der Waals surface area contributed by atoms with Crippen LogP contribution in [0.15, 0.2) is 66.4 Å². The molecule has 0 aliphatic carbocycles. The molecular weight excluding hydrogens is 496 g/mol. The number of benzene rings is 2. The molecule has 0 amide bonds. The van der Waals surface area contributed by atoms with E-state index in [-0.39, 0.29) is 6.42 Å². The summed E-state index contributed by atoms with van der Waals surface area (Å²) in [4.78, 5) is 1.96. The van der Waals surface area contributed by atoms with E-state index in [1.54, 1.807) is 25.1 Å². The summed E-state index contributed by atoms with van der Waals surface area (Å²) in [6, 6.07) is 9.50. The largest absolute Gasteiger partial charge is 0.416 e. The number of allylic oxidation sites excluding steroid dienone is 3. The molecule has 0 saturated carbocycles. The van der Waals surface area contributed by atoms with Crippen LogP contribution in [-0.2, 0) is 12.6 Å². The van der Waals surface area contributed by atoms with Gasteiger partial charge in [0.2, 0.25) is 0 Å². The van der Waals surface area contributed by atoms with E-state index in [1.807, 2.05) is 19.0 Å². The van der Waals surface area contributed by atoms with E-state index in [9.17, 15) is 26.3 Å². The van der Waals surface area contributed by atoms with Crippen molar-refractivity contribution in [3.8, 4) is 0 Å². The van der Waals surface area contributed by atoms with Crippen molar-refractivity contribution in [2.45, 2.75) is 44.4 Å². The van der Waals surface area contributed by atoms with Gasteiger partial charge in [0, 0.05) is 24.2 Å². The molecule has 11 heteroatoms. The summed E-state index contributed by atoms with van der Waals surface area (Å²) in [5.74, 6) is 0. The summed E-state index contributed by atoms with van der Waals surface area (Å²) in [6.45, 7) is 2.45. The zero-order chi connectivity index (χ0) is 27.8. The molecule has 0 aliphatic rings. The number of rotatable bonds is 11. The lowest BCUT2D eigenvalue weighted by molar-refractivity contribution is -0.137. The molecule has 0 saturated heterocycles. The lowest BCUT2D eigenvalue weighted by atomic mass is 9.97. The first-order valence-electron chi connectivity index (χ1n) is 11.5. The van der Waals surface area contributed by atoms with Crippen LogP contribution in [0.1, 0.15) is 34.8 Å². The molecule has 6 N–H and O–H groups in total. The maximum absolute atomic E-state index is 13.4. The molecule has 0 fully saturated rings. The summed E-state index contributed by atoms with van der Waals surface area (Å²) in [7, 11) is 3.81. The SMILES string of the molecule is Cc1cc(C/C(=C\C=C/N)C(F)(F)F)ccc1C(Nc1ccc(C(F)(F)F)cc1)NC(N)CCN(C)C. The van der Waals surface area contributed by atoms with E-state index in [4.69, 9.17) is 11.5 Å². The monoisotopic (exact) mass is 529 g/mol. The highest BCUT2D eigenvalue weighted by Crippen LogP contribution is 2.32. The van der Waals surface area contributed by atoms with Crippen molar-refractivity contribution in [1.29, 1.82) is 0 Å². The first-order chi connectivity index (χ1) is 17.2. The molecule has 0 radical (unpaired) electrons. The Labute approximate surface area is 213 Å². The van der Waals surface area contributed by atoms with Gasteiger partial charge in [-0.05, 0) is 80.7 Å². The van der Waals surface area contributed by atoms with Crippen LogP contribution in [0.5, 0.6) is 0 Å². The fourth-order valence-electron chi connectivity index (χ4n) is 3.64. The number of alkyl halides is 6. The third-order valence-electron chi connectivity index (χ3n) is 5.60. The number of halogens is 6. The fourth-order valence-corrected chi connectivity index (χ4v) is 3.64. The van der Waals surface area contributed by atoms with Crippen LogP contribution in [0.3, 0.4) is 0 Å². The van der Waals surface area contributed by atoms with Crippen LogP contribution in [0, 0.1) is 6.92 Å². The van der Waals surface area contributed by atoms with Gasteiger partial charge in [0.15, 0.2) is 0 Å². The smallest absolute Gasteiger partial charge is 0.405 e. The van der Waals surface area contributed by atoms with Crippen molar-refractivity contribution in [2.24, 2.45) is 11.5 Å². The number of nitrogens with one attached hydrogen (secondary N) is 2. The molecular formula is C26H33F6N5. The maximum Gasteiger partial charge on any atom is 0.416 e. The first kappa shape index (κ1) is 30.2. The number of hydrogen-bond donors (Lipinski definition) is 4. The van der Waals surface area contributed by atoms with E-state index in [1.165, 1.54) is 12.1 Å². The molecule has 0 spiro atoms. The molecule has 0 heterocycles. The molecule has 0 aromatic heterocycles. The van der Waals surface area contributed by atoms with Crippen molar-refractivity contribution in [3.05, 3.63) is 88.6 Å². The topological polar surface area (TPSA) is 79.3 Å². The van der Waals surface area contributed by atoms with Crippen molar-refractivity contribution in [1.82, 2.24) is 10.2 Å². The predicted octanol–water partition coefficient (Wildman–Crippen LogP) is 5.45. The first-order valence-corrected chi connectivity index (χ1v) is 11.5. The van der Waals surface area contributed by atoms with Gasteiger partial charge in [-0.25, -0.2) is 0 Å². The molecule has 2 aromatic rings. The lowest BCUT2D eigenvalue weighted by Crippen LogP contribution is -2.44. The molecule has 2 unspecified atom stereocenters. The summed E-state index contributed by atoms with van der Waals surface area (Å²) < 4.78 is 79.1. The standard InChI is InChI=1S/C26H33F6N5/c1-17-15-18(16-20(5-4-13-33)26(30,31)32)6-11-22(17)24(36-23(34)12-14-37(2)3)35-21-9-7-19(8-10-21)25(27,28)29/h4-11,13,15,23-24,35-36H,12,14,16,33-34H2,1-3H3/b13-4-,20-5+. The fraction of sp³-hybridized carbons (Fsp3) is 0.385. The Morgan fingerprint density at radius 3 is 2.19 bits per heavy atom. The second kappa shape index (κ2) is 13.0. The predicted molar refractivity (Wildman–Crippen MR) is 134 cm³/mol. The highest BCUT2D eigenvalue weighted by molar-refractivity contribution is 5.48. The average molecular weight is 530 g/mol. The second-order valence-electron chi connectivity index (χ2n) is 8.96. The van der Waals surface area contributed by atoms with Crippen LogP contribution in [0.25, 0.3) is 0 Å². The second-order valence-corrected chi connectivity index (χ2v) is 8.96. The summed E-state index contributed by atoms with van der Waals surface area (Å²) in [6.07, 6.45) is -6.71. The molecule has 204 valence electrons. The van der Waals surface area contributed by atoms with Gasteiger partial charge in [-0.1, -0.05) is 24.3 Å². The lowest BCUT2D eigenvalue weighted by Gasteiger charge is -2.28. The Kier molecular flexibility index (Phi) is 10.6. The van der Waals surface area contributed by atoms with Crippen LogP contribution in [0.4, 0.5) is 32.0 Å².